The molecule has 160 valence electrons. The summed E-state index contributed by atoms with van der Waals surface area (Å²) in [5.41, 5.74) is 3.13. The minimum atomic E-state index is -3.88. The van der Waals surface area contributed by atoms with Gasteiger partial charge in [0.1, 0.15) is 0 Å². The smallest absolute Gasteiger partial charge is 0.262 e. The van der Waals surface area contributed by atoms with Crippen molar-refractivity contribution in [1.29, 1.82) is 0 Å². The highest BCUT2D eigenvalue weighted by Crippen LogP contribution is 2.23. The zero-order chi connectivity index (χ0) is 22.6. The number of sulfonamides is 1. The molecular formula is C23H23N3O4S. The molecule has 0 aliphatic rings. The van der Waals surface area contributed by atoms with Crippen LogP contribution in [-0.2, 0) is 14.8 Å². The molecule has 0 spiro atoms. The maximum atomic E-state index is 13.0. The Morgan fingerprint density at radius 1 is 0.774 bits per heavy atom. The molecule has 0 atom stereocenters. The number of aryl methyl sites for hydroxylation is 2. The summed E-state index contributed by atoms with van der Waals surface area (Å²) in [5, 5.41) is 5.37. The van der Waals surface area contributed by atoms with Crippen LogP contribution in [0.25, 0.3) is 0 Å². The Morgan fingerprint density at radius 3 is 2.00 bits per heavy atom. The number of hydrogen-bond acceptors (Lipinski definition) is 4. The number of carbonyl (C=O) groups excluding carboxylic acids is 2. The Bertz CT molecular complexity index is 1240. The van der Waals surface area contributed by atoms with Crippen LogP contribution in [0.3, 0.4) is 0 Å². The molecule has 2 amide bonds. The number of para-hydroxylation sites is 1. The molecule has 8 heteroatoms. The van der Waals surface area contributed by atoms with Crippen molar-refractivity contribution in [3.63, 3.8) is 0 Å². The third-order valence-electron chi connectivity index (χ3n) is 4.59. The number of rotatable bonds is 6. The Hall–Kier alpha value is -3.65. The zero-order valence-corrected chi connectivity index (χ0v) is 18.2. The fourth-order valence-electron chi connectivity index (χ4n) is 2.96. The average molecular weight is 438 g/mol. The van der Waals surface area contributed by atoms with E-state index in [-0.39, 0.29) is 16.4 Å². The standard InChI is InChI=1S/C23H23N3O4S/c1-15-6-4-5-7-21(15)26-31(29,30)22-14-18(9-8-16(22)2)23(28)25-20-12-10-19(11-13-20)24-17(3)27/h4-14,26H,1-3H3,(H,24,27)(H,25,28). The number of carbonyl (C=O) groups is 2. The van der Waals surface area contributed by atoms with E-state index in [1.807, 2.05) is 19.1 Å². The van der Waals surface area contributed by atoms with Gasteiger partial charge >= 0.3 is 0 Å². The van der Waals surface area contributed by atoms with Crippen LogP contribution < -0.4 is 15.4 Å². The molecule has 31 heavy (non-hydrogen) atoms. The van der Waals surface area contributed by atoms with E-state index in [0.717, 1.165) is 5.56 Å². The van der Waals surface area contributed by atoms with Gasteiger partial charge in [-0.2, -0.15) is 0 Å². The summed E-state index contributed by atoms with van der Waals surface area (Å²) in [6.07, 6.45) is 0. The first kappa shape index (κ1) is 22.0. The molecule has 7 nitrogen and oxygen atoms in total. The lowest BCUT2D eigenvalue weighted by atomic mass is 10.1. The molecule has 0 aliphatic heterocycles. The van der Waals surface area contributed by atoms with Gasteiger partial charge in [0.2, 0.25) is 5.91 Å². The van der Waals surface area contributed by atoms with E-state index in [2.05, 4.69) is 15.4 Å². The average Bonchev–Trinajstić information content (AvgIpc) is 2.71. The summed E-state index contributed by atoms with van der Waals surface area (Å²) in [7, 11) is -3.88. The number of benzene rings is 3. The van der Waals surface area contributed by atoms with Crippen LogP contribution in [0.5, 0.6) is 0 Å². The molecule has 3 aromatic rings. The van der Waals surface area contributed by atoms with Gasteiger partial charge in [-0.15, -0.1) is 0 Å². The number of amides is 2. The van der Waals surface area contributed by atoms with Gasteiger partial charge in [0, 0.05) is 23.9 Å². The first-order valence-corrected chi connectivity index (χ1v) is 11.0. The predicted octanol–water partition coefficient (Wildman–Crippen LogP) is 4.31. The lowest BCUT2D eigenvalue weighted by molar-refractivity contribution is -0.114. The van der Waals surface area contributed by atoms with Crippen LogP contribution in [0.1, 0.15) is 28.4 Å². The van der Waals surface area contributed by atoms with Gasteiger partial charge in [-0.1, -0.05) is 24.3 Å². The second-order valence-electron chi connectivity index (χ2n) is 7.11. The van der Waals surface area contributed by atoms with Crippen LogP contribution in [0.4, 0.5) is 17.1 Å². The van der Waals surface area contributed by atoms with Crippen molar-refractivity contribution < 1.29 is 18.0 Å². The van der Waals surface area contributed by atoms with E-state index >= 15 is 0 Å². The largest absolute Gasteiger partial charge is 0.326 e. The minimum absolute atomic E-state index is 0.0319. The van der Waals surface area contributed by atoms with Gasteiger partial charge in [-0.05, 0) is 67.4 Å². The van der Waals surface area contributed by atoms with Crippen LogP contribution in [-0.4, -0.2) is 20.2 Å². The van der Waals surface area contributed by atoms with Crippen molar-refractivity contribution in [3.05, 3.63) is 83.4 Å². The summed E-state index contributed by atoms with van der Waals surface area (Å²) in [5.74, 6) is -0.635. The van der Waals surface area contributed by atoms with Gasteiger partial charge in [0.25, 0.3) is 15.9 Å². The maximum absolute atomic E-state index is 13.0. The van der Waals surface area contributed by atoms with Crippen molar-refractivity contribution in [1.82, 2.24) is 0 Å². The summed E-state index contributed by atoms with van der Waals surface area (Å²) in [6.45, 7) is 4.90. The van der Waals surface area contributed by atoms with Crippen molar-refractivity contribution in [2.75, 3.05) is 15.4 Å². The maximum Gasteiger partial charge on any atom is 0.262 e. The van der Waals surface area contributed by atoms with E-state index in [0.29, 0.717) is 22.6 Å². The van der Waals surface area contributed by atoms with Gasteiger partial charge in [-0.3, -0.25) is 14.3 Å². The number of hydrogen-bond donors (Lipinski definition) is 3. The van der Waals surface area contributed by atoms with Gasteiger partial charge in [-0.25, -0.2) is 8.42 Å². The van der Waals surface area contributed by atoms with Gasteiger partial charge < -0.3 is 10.6 Å². The van der Waals surface area contributed by atoms with Crippen molar-refractivity contribution in [2.45, 2.75) is 25.7 Å². The zero-order valence-electron chi connectivity index (χ0n) is 17.4. The Labute approximate surface area is 181 Å². The van der Waals surface area contributed by atoms with E-state index in [1.54, 1.807) is 55.5 Å². The van der Waals surface area contributed by atoms with Crippen LogP contribution in [0.2, 0.25) is 0 Å². The third kappa shape index (κ3) is 5.49. The molecule has 0 bridgehead atoms. The molecule has 3 N–H and O–H groups in total. The fraction of sp³-hybridized carbons (Fsp3) is 0.130. The van der Waals surface area contributed by atoms with E-state index < -0.39 is 15.9 Å². The molecule has 0 radical (unpaired) electrons. The van der Waals surface area contributed by atoms with Gasteiger partial charge in [0.15, 0.2) is 0 Å². The third-order valence-corrected chi connectivity index (χ3v) is 6.10. The second kappa shape index (κ2) is 9.01. The van der Waals surface area contributed by atoms with Crippen molar-refractivity contribution in [2.24, 2.45) is 0 Å². The van der Waals surface area contributed by atoms with Crippen LogP contribution >= 0.6 is 0 Å². The van der Waals surface area contributed by atoms with E-state index in [9.17, 15) is 18.0 Å². The van der Waals surface area contributed by atoms with E-state index in [4.69, 9.17) is 0 Å². The molecule has 0 fully saturated rings. The highest BCUT2D eigenvalue weighted by atomic mass is 32.2. The summed E-state index contributed by atoms with van der Waals surface area (Å²) in [6, 6.07) is 18.2. The Kier molecular flexibility index (Phi) is 6.41. The topological polar surface area (TPSA) is 104 Å². The number of anilines is 3. The van der Waals surface area contributed by atoms with E-state index in [1.165, 1.54) is 13.0 Å². The molecule has 0 saturated heterocycles. The quantitative estimate of drug-likeness (QED) is 0.534. The minimum Gasteiger partial charge on any atom is -0.326 e. The molecular weight excluding hydrogens is 414 g/mol. The van der Waals surface area contributed by atoms with Crippen molar-refractivity contribution in [3.8, 4) is 0 Å². The fourth-order valence-corrected chi connectivity index (χ4v) is 4.36. The van der Waals surface area contributed by atoms with Crippen LogP contribution in [0, 0.1) is 13.8 Å². The number of nitrogens with one attached hydrogen (secondary N) is 3. The van der Waals surface area contributed by atoms with Crippen molar-refractivity contribution >= 4 is 38.9 Å². The molecule has 0 aliphatic carbocycles. The lowest BCUT2D eigenvalue weighted by Crippen LogP contribution is -2.17. The highest BCUT2D eigenvalue weighted by Gasteiger charge is 2.20. The Balaban J connectivity index is 1.82. The first-order chi connectivity index (χ1) is 14.7. The molecule has 0 saturated carbocycles. The lowest BCUT2D eigenvalue weighted by Gasteiger charge is -2.13. The summed E-state index contributed by atoms with van der Waals surface area (Å²) in [4.78, 5) is 23.8. The normalized spacial score (nSPS) is 10.9. The summed E-state index contributed by atoms with van der Waals surface area (Å²) < 4.78 is 28.5. The monoisotopic (exact) mass is 437 g/mol. The second-order valence-corrected chi connectivity index (χ2v) is 8.76. The molecule has 0 heterocycles. The Morgan fingerprint density at radius 2 is 1.39 bits per heavy atom. The summed E-state index contributed by atoms with van der Waals surface area (Å²) >= 11 is 0. The molecule has 0 aromatic heterocycles. The predicted molar refractivity (Wildman–Crippen MR) is 122 cm³/mol. The molecule has 3 rings (SSSR count). The van der Waals surface area contributed by atoms with Gasteiger partial charge in [0.05, 0.1) is 10.6 Å². The van der Waals surface area contributed by atoms with Crippen LogP contribution in [0.15, 0.2) is 71.6 Å². The molecule has 3 aromatic carbocycles. The molecule has 0 unspecified atom stereocenters. The SMILES string of the molecule is CC(=O)Nc1ccc(NC(=O)c2ccc(C)c(S(=O)(=O)Nc3ccccc3C)c2)cc1. The first-order valence-electron chi connectivity index (χ1n) is 9.54. The highest BCUT2D eigenvalue weighted by molar-refractivity contribution is 7.92.